The molecule has 5 nitrogen and oxygen atoms in total. The zero-order valence-electron chi connectivity index (χ0n) is 11.3. The summed E-state index contributed by atoms with van der Waals surface area (Å²) in [5.74, 6) is 0.738. The average Bonchev–Trinajstić information content (AvgIpc) is 2.75. The minimum atomic E-state index is 0.260. The molecule has 0 spiro atoms. The van der Waals surface area contributed by atoms with E-state index in [9.17, 15) is 0 Å². The van der Waals surface area contributed by atoms with Gasteiger partial charge < -0.3 is 14.9 Å². The van der Waals surface area contributed by atoms with Crippen LogP contribution in [0.2, 0.25) is 0 Å². The van der Waals surface area contributed by atoms with Crippen LogP contribution in [0.1, 0.15) is 19.7 Å². The van der Waals surface area contributed by atoms with E-state index in [-0.39, 0.29) is 6.10 Å². The Kier molecular flexibility index (Phi) is 3.16. The number of nitrogens with two attached hydrogens (primary N) is 1. The van der Waals surface area contributed by atoms with E-state index < -0.39 is 0 Å². The summed E-state index contributed by atoms with van der Waals surface area (Å²) in [7, 11) is 0. The molecule has 1 saturated heterocycles. The first kappa shape index (κ1) is 12.4. The summed E-state index contributed by atoms with van der Waals surface area (Å²) in [6.07, 6.45) is 0.260. The maximum atomic E-state index is 5.76. The highest BCUT2D eigenvalue weighted by atomic mass is 16.5. The van der Waals surface area contributed by atoms with Gasteiger partial charge in [-0.05, 0) is 26.0 Å². The predicted molar refractivity (Wildman–Crippen MR) is 73.7 cm³/mol. The number of hydrogen-bond donors (Lipinski definition) is 1. The largest absolute Gasteiger partial charge is 0.439 e. The highest BCUT2D eigenvalue weighted by molar-refractivity contribution is 5.76. The molecule has 2 atom stereocenters. The fourth-order valence-corrected chi connectivity index (χ4v) is 2.42. The van der Waals surface area contributed by atoms with Gasteiger partial charge in [0.05, 0.1) is 19.3 Å². The van der Waals surface area contributed by atoms with Gasteiger partial charge in [-0.25, -0.2) is 4.98 Å². The molecule has 0 aliphatic carbocycles. The van der Waals surface area contributed by atoms with Crippen LogP contribution in [0.4, 0.5) is 5.69 Å². The van der Waals surface area contributed by atoms with Crippen molar-refractivity contribution >= 4 is 16.8 Å². The van der Waals surface area contributed by atoms with Crippen LogP contribution in [0.5, 0.6) is 0 Å². The topological polar surface area (TPSA) is 64.5 Å². The number of morpholine rings is 1. The van der Waals surface area contributed by atoms with Crippen molar-refractivity contribution < 1.29 is 9.15 Å². The van der Waals surface area contributed by atoms with Crippen molar-refractivity contribution in [2.75, 3.05) is 18.9 Å². The molecule has 1 aromatic heterocycles. The molecule has 0 amide bonds. The van der Waals surface area contributed by atoms with Crippen LogP contribution in [0, 0.1) is 0 Å². The van der Waals surface area contributed by atoms with Gasteiger partial charge in [-0.1, -0.05) is 0 Å². The highest BCUT2D eigenvalue weighted by Gasteiger charge is 2.24. The Labute approximate surface area is 112 Å². The number of ether oxygens (including phenoxy) is 1. The van der Waals surface area contributed by atoms with Crippen molar-refractivity contribution in [2.24, 2.45) is 0 Å². The number of hydrogen-bond acceptors (Lipinski definition) is 5. The molecule has 0 bridgehead atoms. The van der Waals surface area contributed by atoms with Crippen molar-refractivity contribution in [1.29, 1.82) is 0 Å². The quantitative estimate of drug-likeness (QED) is 0.838. The van der Waals surface area contributed by atoms with Gasteiger partial charge in [0.15, 0.2) is 5.58 Å². The number of nitrogens with zero attached hydrogens (tertiary/aromatic N) is 2. The van der Waals surface area contributed by atoms with E-state index in [0.29, 0.717) is 18.3 Å². The van der Waals surface area contributed by atoms with Crippen molar-refractivity contribution in [3.05, 3.63) is 24.1 Å². The van der Waals surface area contributed by atoms with Gasteiger partial charge in [-0.15, -0.1) is 0 Å². The van der Waals surface area contributed by atoms with Crippen LogP contribution >= 0.6 is 0 Å². The lowest BCUT2D eigenvalue weighted by Gasteiger charge is -2.35. The van der Waals surface area contributed by atoms with E-state index in [2.05, 4.69) is 23.7 Å². The van der Waals surface area contributed by atoms with Gasteiger partial charge in [0.1, 0.15) is 5.52 Å². The van der Waals surface area contributed by atoms with Gasteiger partial charge in [0.2, 0.25) is 5.89 Å². The summed E-state index contributed by atoms with van der Waals surface area (Å²) < 4.78 is 11.4. The Hall–Kier alpha value is -1.59. The second kappa shape index (κ2) is 4.83. The zero-order valence-corrected chi connectivity index (χ0v) is 11.3. The molecule has 2 heterocycles. The summed E-state index contributed by atoms with van der Waals surface area (Å²) in [4.78, 5) is 6.84. The molecule has 0 radical (unpaired) electrons. The summed E-state index contributed by atoms with van der Waals surface area (Å²) in [6.45, 7) is 6.62. The number of fused-ring (bicyclic) bond motifs is 1. The zero-order chi connectivity index (χ0) is 13.4. The predicted octanol–water partition coefficient (Wildman–Crippen LogP) is 2.02. The smallest absolute Gasteiger partial charge is 0.209 e. The van der Waals surface area contributed by atoms with E-state index in [0.717, 1.165) is 30.1 Å². The third-order valence-electron chi connectivity index (χ3n) is 3.53. The van der Waals surface area contributed by atoms with Crippen LogP contribution in [0.25, 0.3) is 11.1 Å². The van der Waals surface area contributed by atoms with Crippen molar-refractivity contribution in [3.8, 4) is 0 Å². The van der Waals surface area contributed by atoms with E-state index >= 15 is 0 Å². The Morgan fingerprint density at radius 1 is 1.42 bits per heavy atom. The van der Waals surface area contributed by atoms with Crippen LogP contribution < -0.4 is 5.73 Å². The number of rotatable bonds is 2. The lowest BCUT2D eigenvalue weighted by molar-refractivity contribution is -0.0549. The number of anilines is 1. The first-order valence-electron chi connectivity index (χ1n) is 6.62. The lowest BCUT2D eigenvalue weighted by Crippen LogP contribution is -2.46. The van der Waals surface area contributed by atoms with Crippen molar-refractivity contribution in [2.45, 2.75) is 32.5 Å². The van der Waals surface area contributed by atoms with Crippen LogP contribution in [-0.2, 0) is 11.3 Å². The monoisotopic (exact) mass is 261 g/mol. The maximum Gasteiger partial charge on any atom is 0.209 e. The summed E-state index contributed by atoms with van der Waals surface area (Å²) in [6, 6.07) is 5.94. The molecule has 3 rings (SSSR count). The second-order valence-corrected chi connectivity index (χ2v) is 5.26. The van der Waals surface area contributed by atoms with Gasteiger partial charge in [0.25, 0.3) is 0 Å². The lowest BCUT2D eigenvalue weighted by atomic mass is 10.2. The molecule has 1 aromatic carbocycles. The second-order valence-electron chi connectivity index (χ2n) is 5.26. The van der Waals surface area contributed by atoms with Gasteiger partial charge in [0, 0.05) is 24.3 Å². The Bertz CT molecular complexity index is 581. The highest BCUT2D eigenvalue weighted by Crippen LogP contribution is 2.21. The first-order chi connectivity index (χ1) is 9.11. The van der Waals surface area contributed by atoms with Crippen LogP contribution in [0.15, 0.2) is 22.6 Å². The van der Waals surface area contributed by atoms with Crippen molar-refractivity contribution in [3.63, 3.8) is 0 Å². The van der Waals surface area contributed by atoms with Gasteiger partial charge in [-0.2, -0.15) is 0 Å². The van der Waals surface area contributed by atoms with Crippen LogP contribution in [0.3, 0.4) is 0 Å². The normalized spacial score (nSPS) is 24.9. The number of nitrogen functional groups attached to an aromatic ring is 1. The van der Waals surface area contributed by atoms with E-state index in [1.165, 1.54) is 0 Å². The summed E-state index contributed by atoms with van der Waals surface area (Å²) in [5.41, 5.74) is 8.05. The molecule has 5 heteroatoms. The van der Waals surface area contributed by atoms with Crippen LogP contribution in [-0.4, -0.2) is 35.2 Å². The molecule has 1 fully saturated rings. The Morgan fingerprint density at radius 2 is 2.26 bits per heavy atom. The molecule has 102 valence electrons. The number of oxazole rings is 1. The maximum absolute atomic E-state index is 5.76. The van der Waals surface area contributed by atoms with Gasteiger partial charge >= 0.3 is 0 Å². The first-order valence-corrected chi connectivity index (χ1v) is 6.62. The Balaban J connectivity index is 1.80. The Morgan fingerprint density at radius 3 is 3.11 bits per heavy atom. The third kappa shape index (κ3) is 2.57. The summed E-state index contributed by atoms with van der Waals surface area (Å²) in [5, 5.41) is 0. The SMILES string of the molecule is CC1CN(Cc2nc3ccc(N)cc3o2)C(C)CO1. The number of benzene rings is 1. The minimum absolute atomic E-state index is 0.260. The van der Waals surface area contributed by atoms with E-state index in [4.69, 9.17) is 14.9 Å². The fraction of sp³-hybridized carbons (Fsp3) is 0.500. The molecule has 2 aromatic rings. The standard InChI is InChI=1S/C14H19N3O2/c1-9-8-18-10(2)6-17(9)7-14-16-12-4-3-11(15)5-13(12)19-14/h3-5,9-10H,6-8,15H2,1-2H3. The number of aromatic nitrogens is 1. The average molecular weight is 261 g/mol. The molecular formula is C14H19N3O2. The molecule has 0 saturated carbocycles. The minimum Gasteiger partial charge on any atom is -0.439 e. The molecular weight excluding hydrogens is 242 g/mol. The molecule has 2 N–H and O–H groups in total. The molecule has 19 heavy (non-hydrogen) atoms. The van der Waals surface area contributed by atoms with E-state index in [1.807, 2.05) is 18.2 Å². The molecule has 1 aliphatic rings. The van der Waals surface area contributed by atoms with Gasteiger partial charge in [-0.3, -0.25) is 4.90 Å². The van der Waals surface area contributed by atoms with E-state index in [1.54, 1.807) is 0 Å². The molecule has 1 aliphatic heterocycles. The van der Waals surface area contributed by atoms with Crippen molar-refractivity contribution in [1.82, 2.24) is 9.88 Å². The molecule has 2 unspecified atom stereocenters. The fourth-order valence-electron chi connectivity index (χ4n) is 2.42. The third-order valence-corrected chi connectivity index (χ3v) is 3.53. The summed E-state index contributed by atoms with van der Waals surface area (Å²) >= 11 is 0.